The van der Waals surface area contributed by atoms with Gasteiger partial charge in [-0.25, -0.2) is 0 Å². The average molecular weight is 405 g/mol. The van der Waals surface area contributed by atoms with Crippen molar-refractivity contribution in [3.63, 3.8) is 0 Å². The van der Waals surface area contributed by atoms with Gasteiger partial charge in [0.25, 0.3) is 5.56 Å². The number of fused-ring (bicyclic) bond motifs is 1. The van der Waals surface area contributed by atoms with Crippen LogP contribution in [-0.4, -0.2) is 55.6 Å². The Hall–Kier alpha value is -2.83. The van der Waals surface area contributed by atoms with Crippen molar-refractivity contribution in [2.24, 2.45) is 0 Å². The summed E-state index contributed by atoms with van der Waals surface area (Å²) in [6.07, 6.45) is 1.51. The molecular formula is C24H27N3O3. The van der Waals surface area contributed by atoms with Gasteiger partial charge in [-0.2, -0.15) is 0 Å². The summed E-state index contributed by atoms with van der Waals surface area (Å²) in [5.74, 6) is 0. The Morgan fingerprint density at radius 2 is 1.83 bits per heavy atom. The van der Waals surface area contributed by atoms with E-state index in [4.69, 9.17) is 4.74 Å². The van der Waals surface area contributed by atoms with Crippen LogP contribution in [0.15, 0.2) is 53.3 Å². The van der Waals surface area contributed by atoms with Crippen molar-refractivity contribution in [2.75, 3.05) is 49.2 Å². The first-order chi connectivity index (χ1) is 14.7. The molecule has 2 saturated heterocycles. The van der Waals surface area contributed by atoms with Crippen molar-refractivity contribution >= 4 is 22.1 Å². The van der Waals surface area contributed by atoms with Gasteiger partial charge in [0.15, 0.2) is 0 Å². The van der Waals surface area contributed by atoms with Crippen LogP contribution in [0.1, 0.15) is 12.8 Å². The maximum Gasteiger partial charge on any atom is 0.256 e. The molecule has 2 aliphatic rings. The lowest BCUT2D eigenvalue weighted by molar-refractivity contribution is 0.123. The third-order valence-corrected chi connectivity index (χ3v) is 6.14. The van der Waals surface area contributed by atoms with Crippen LogP contribution in [0.25, 0.3) is 22.0 Å². The number of aliphatic hydroxyl groups is 1. The molecule has 3 heterocycles. The molecule has 1 aromatic heterocycles. The lowest BCUT2D eigenvalue weighted by Gasteiger charge is -2.32. The van der Waals surface area contributed by atoms with Crippen molar-refractivity contribution in [3.8, 4) is 11.3 Å². The number of hydrogen-bond acceptors (Lipinski definition) is 5. The van der Waals surface area contributed by atoms with Gasteiger partial charge < -0.3 is 24.6 Å². The number of aliphatic hydroxyl groups excluding tert-OH is 1. The number of rotatable bonds is 3. The van der Waals surface area contributed by atoms with Gasteiger partial charge in [-0.05, 0) is 42.5 Å². The lowest BCUT2D eigenvalue weighted by atomic mass is 10.0. The number of anilines is 2. The Labute approximate surface area is 175 Å². The Morgan fingerprint density at radius 1 is 1.00 bits per heavy atom. The highest BCUT2D eigenvalue weighted by atomic mass is 16.5. The molecule has 0 radical (unpaired) electrons. The standard InChI is InChI=1S/C24H27N3O3/c28-19-4-3-9-27(16-19)18-8-7-17-14-22(25-24(29)21(17)15-18)20-5-1-2-6-23(20)26-10-12-30-13-11-26/h1-2,5-8,14-15,19,28H,3-4,9-13,16H2,(H,25,29). The zero-order chi connectivity index (χ0) is 20.5. The van der Waals surface area contributed by atoms with E-state index >= 15 is 0 Å². The molecule has 6 heteroatoms. The van der Waals surface area contributed by atoms with E-state index in [1.54, 1.807) is 0 Å². The fourth-order valence-corrected chi connectivity index (χ4v) is 4.56. The largest absolute Gasteiger partial charge is 0.391 e. The highest BCUT2D eigenvalue weighted by Gasteiger charge is 2.19. The second-order valence-corrected chi connectivity index (χ2v) is 8.14. The minimum atomic E-state index is -0.299. The minimum Gasteiger partial charge on any atom is -0.391 e. The van der Waals surface area contributed by atoms with Crippen LogP contribution >= 0.6 is 0 Å². The van der Waals surface area contributed by atoms with Gasteiger partial charge in [0.1, 0.15) is 0 Å². The van der Waals surface area contributed by atoms with E-state index in [1.807, 2.05) is 24.3 Å². The van der Waals surface area contributed by atoms with E-state index in [0.717, 1.165) is 73.7 Å². The van der Waals surface area contributed by atoms with Crippen LogP contribution in [0.3, 0.4) is 0 Å². The summed E-state index contributed by atoms with van der Waals surface area (Å²) in [6.45, 7) is 4.66. The molecule has 1 unspecified atom stereocenters. The molecule has 1 atom stereocenters. The maximum atomic E-state index is 13.0. The van der Waals surface area contributed by atoms with Gasteiger partial charge >= 0.3 is 0 Å². The monoisotopic (exact) mass is 405 g/mol. The number of nitrogens with zero attached hydrogens (tertiary/aromatic N) is 2. The van der Waals surface area contributed by atoms with E-state index in [2.05, 4.69) is 39.0 Å². The summed E-state index contributed by atoms with van der Waals surface area (Å²) in [7, 11) is 0. The van der Waals surface area contributed by atoms with E-state index in [9.17, 15) is 9.90 Å². The van der Waals surface area contributed by atoms with Crippen molar-refractivity contribution in [1.29, 1.82) is 0 Å². The number of benzene rings is 2. The molecule has 0 amide bonds. The van der Waals surface area contributed by atoms with Gasteiger partial charge in [-0.15, -0.1) is 0 Å². The third kappa shape index (κ3) is 3.68. The second-order valence-electron chi connectivity index (χ2n) is 8.14. The molecule has 6 nitrogen and oxygen atoms in total. The molecule has 30 heavy (non-hydrogen) atoms. The zero-order valence-corrected chi connectivity index (χ0v) is 17.0. The minimum absolute atomic E-state index is 0.0845. The van der Waals surface area contributed by atoms with Crippen LogP contribution < -0.4 is 15.4 Å². The summed E-state index contributed by atoms with van der Waals surface area (Å²) < 4.78 is 5.49. The summed E-state index contributed by atoms with van der Waals surface area (Å²) in [4.78, 5) is 20.6. The topological polar surface area (TPSA) is 68.8 Å². The normalized spacial score (nSPS) is 20.0. The summed E-state index contributed by atoms with van der Waals surface area (Å²) in [5.41, 5.74) is 3.89. The van der Waals surface area contributed by atoms with Gasteiger partial charge in [-0.1, -0.05) is 24.3 Å². The first-order valence-electron chi connectivity index (χ1n) is 10.7. The highest BCUT2D eigenvalue weighted by Crippen LogP contribution is 2.31. The number of β-amino-alcohol motifs (C(OH)–C–C–N with tert-alkyl or cyclic N) is 1. The number of piperidine rings is 1. The fourth-order valence-electron chi connectivity index (χ4n) is 4.56. The average Bonchev–Trinajstić information content (AvgIpc) is 2.79. The van der Waals surface area contributed by atoms with Gasteiger partial charge in [0, 0.05) is 48.5 Å². The van der Waals surface area contributed by atoms with Crippen molar-refractivity contribution < 1.29 is 9.84 Å². The molecule has 156 valence electrons. The summed E-state index contributed by atoms with van der Waals surface area (Å²) in [6, 6.07) is 16.3. The quantitative estimate of drug-likeness (QED) is 0.701. The van der Waals surface area contributed by atoms with E-state index in [0.29, 0.717) is 11.9 Å². The van der Waals surface area contributed by atoms with Gasteiger partial charge in [0.2, 0.25) is 0 Å². The number of H-pyrrole nitrogens is 1. The zero-order valence-electron chi connectivity index (χ0n) is 17.0. The molecule has 0 bridgehead atoms. The first-order valence-corrected chi connectivity index (χ1v) is 10.7. The van der Waals surface area contributed by atoms with Gasteiger partial charge in [-0.3, -0.25) is 4.79 Å². The molecule has 0 spiro atoms. The van der Waals surface area contributed by atoms with E-state index in [1.165, 1.54) is 0 Å². The molecule has 2 N–H and O–H groups in total. The first kappa shape index (κ1) is 19.2. The molecule has 2 aromatic carbocycles. The van der Waals surface area contributed by atoms with Crippen LogP contribution in [0.4, 0.5) is 11.4 Å². The van der Waals surface area contributed by atoms with Crippen LogP contribution in [0.2, 0.25) is 0 Å². The molecule has 5 rings (SSSR count). The Balaban J connectivity index is 1.53. The number of para-hydroxylation sites is 1. The van der Waals surface area contributed by atoms with Crippen LogP contribution in [0, 0.1) is 0 Å². The molecule has 2 aliphatic heterocycles. The van der Waals surface area contributed by atoms with Crippen LogP contribution in [0.5, 0.6) is 0 Å². The fraction of sp³-hybridized carbons (Fsp3) is 0.375. The molecular weight excluding hydrogens is 378 g/mol. The summed E-state index contributed by atoms with van der Waals surface area (Å²) in [5, 5.41) is 11.6. The molecule has 2 fully saturated rings. The summed E-state index contributed by atoms with van der Waals surface area (Å²) >= 11 is 0. The van der Waals surface area contributed by atoms with Crippen molar-refractivity contribution in [3.05, 3.63) is 58.9 Å². The van der Waals surface area contributed by atoms with Crippen LogP contribution in [-0.2, 0) is 4.74 Å². The predicted molar refractivity (Wildman–Crippen MR) is 120 cm³/mol. The Morgan fingerprint density at radius 3 is 2.67 bits per heavy atom. The smallest absolute Gasteiger partial charge is 0.256 e. The van der Waals surface area contributed by atoms with Gasteiger partial charge in [0.05, 0.1) is 25.0 Å². The number of morpholine rings is 1. The Bertz CT molecular complexity index is 1100. The molecule has 0 aliphatic carbocycles. The maximum absolute atomic E-state index is 13.0. The lowest BCUT2D eigenvalue weighted by Crippen LogP contribution is -2.38. The number of ether oxygens (including phenoxy) is 1. The Kier molecular flexibility index (Phi) is 5.19. The van der Waals surface area contributed by atoms with E-state index in [-0.39, 0.29) is 11.7 Å². The SMILES string of the molecule is O=c1[nH]c(-c2ccccc2N2CCOCC2)cc2ccc(N3CCCC(O)C3)cc12. The number of aromatic nitrogens is 1. The molecule has 0 saturated carbocycles. The number of pyridine rings is 1. The number of aromatic amines is 1. The predicted octanol–water partition coefficient (Wildman–Crippen LogP) is 2.99. The number of hydrogen-bond donors (Lipinski definition) is 2. The number of nitrogens with one attached hydrogen (secondary N) is 1. The second kappa shape index (κ2) is 8.13. The third-order valence-electron chi connectivity index (χ3n) is 6.14. The van der Waals surface area contributed by atoms with Crippen molar-refractivity contribution in [1.82, 2.24) is 4.98 Å². The highest BCUT2D eigenvalue weighted by molar-refractivity contribution is 5.89. The van der Waals surface area contributed by atoms with E-state index < -0.39 is 0 Å². The molecule has 3 aromatic rings. The van der Waals surface area contributed by atoms with Crippen molar-refractivity contribution in [2.45, 2.75) is 18.9 Å².